The lowest BCUT2D eigenvalue weighted by atomic mass is 9.95. The van der Waals surface area contributed by atoms with Gasteiger partial charge in [0.05, 0.1) is 5.56 Å². The molecule has 2 aliphatic rings. The molecule has 0 unspecified atom stereocenters. The van der Waals surface area contributed by atoms with Gasteiger partial charge in [-0.1, -0.05) is 26.0 Å². The molecule has 10 heteroatoms. The van der Waals surface area contributed by atoms with E-state index in [1.807, 2.05) is 32.9 Å². The highest BCUT2D eigenvalue weighted by Crippen LogP contribution is 2.38. The van der Waals surface area contributed by atoms with Gasteiger partial charge in [-0.2, -0.15) is 0 Å². The van der Waals surface area contributed by atoms with Gasteiger partial charge in [-0.3, -0.25) is 14.3 Å². The van der Waals surface area contributed by atoms with Crippen molar-refractivity contribution in [3.63, 3.8) is 0 Å². The highest BCUT2D eigenvalue weighted by Gasteiger charge is 2.25. The summed E-state index contributed by atoms with van der Waals surface area (Å²) in [7, 11) is 0. The Labute approximate surface area is 242 Å². The highest BCUT2D eigenvalue weighted by atomic mass is 16.3. The first-order valence-electron chi connectivity index (χ1n) is 14.9. The van der Waals surface area contributed by atoms with E-state index in [-0.39, 0.29) is 29.1 Å². The Morgan fingerprint density at radius 1 is 1.00 bits per heavy atom. The molecule has 0 aliphatic carbocycles. The Kier molecular flexibility index (Phi) is 9.22. The van der Waals surface area contributed by atoms with Crippen molar-refractivity contribution in [3.8, 4) is 28.6 Å². The lowest BCUT2D eigenvalue weighted by molar-refractivity contribution is 0.0943. The molecule has 41 heavy (non-hydrogen) atoms. The molecule has 0 radical (unpaired) electrons. The van der Waals surface area contributed by atoms with E-state index in [1.165, 1.54) is 31.0 Å². The maximum atomic E-state index is 12.9. The Balaban J connectivity index is 1.34. The average molecular weight is 562 g/mol. The predicted octanol–water partition coefficient (Wildman–Crippen LogP) is 3.34. The Morgan fingerprint density at radius 3 is 2.37 bits per heavy atom. The van der Waals surface area contributed by atoms with E-state index in [0.717, 1.165) is 57.4 Å². The van der Waals surface area contributed by atoms with Crippen LogP contribution in [0.3, 0.4) is 0 Å². The maximum absolute atomic E-state index is 12.9. The van der Waals surface area contributed by atoms with Crippen LogP contribution in [0.15, 0.2) is 36.4 Å². The minimum Gasteiger partial charge on any atom is -0.508 e. The van der Waals surface area contributed by atoms with Crippen molar-refractivity contribution in [3.05, 3.63) is 53.3 Å². The minimum atomic E-state index is -0.346. The van der Waals surface area contributed by atoms with Gasteiger partial charge in [-0.15, -0.1) is 10.2 Å². The summed E-state index contributed by atoms with van der Waals surface area (Å²) in [6.45, 7) is 15.1. The monoisotopic (exact) mass is 561 g/mol. The zero-order valence-corrected chi connectivity index (χ0v) is 24.4. The average Bonchev–Trinajstić information content (AvgIpc) is 3.40. The number of nitrogens with zero attached hydrogens (tertiary/aromatic N) is 5. The van der Waals surface area contributed by atoms with Crippen LogP contribution in [0, 0.1) is 5.92 Å². The van der Waals surface area contributed by atoms with Gasteiger partial charge in [0.15, 0.2) is 5.82 Å². The Bertz CT molecular complexity index is 1320. The third-order valence-electron chi connectivity index (χ3n) is 8.25. The number of likely N-dealkylation sites (tertiary alicyclic amines) is 1. The Hall–Kier alpha value is -3.47. The first-order valence-corrected chi connectivity index (χ1v) is 14.9. The second-order valence-corrected chi connectivity index (χ2v) is 11.6. The number of piperidine rings is 1. The van der Waals surface area contributed by atoms with Crippen molar-refractivity contribution >= 4 is 5.91 Å². The molecule has 3 aromatic rings. The molecule has 0 bridgehead atoms. The fourth-order valence-electron chi connectivity index (χ4n) is 5.92. The zero-order chi connectivity index (χ0) is 28.9. The largest absolute Gasteiger partial charge is 0.508 e. The number of hydrogen-bond donors (Lipinski definition) is 4. The number of phenols is 2. The third kappa shape index (κ3) is 6.72. The number of aromatic nitrogens is 3. The third-order valence-corrected chi connectivity index (χ3v) is 8.25. The smallest absolute Gasteiger partial charge is 0.289 e. The Morgan fingerprint density at radius 2 is 1.71 bits per heavy atom. The van der Waals surface area contributed by atoms with Crippen LogP contribution in [0.25, 0.3) is 17.1 Å². The van der Waals surface area contributed by atoms with E-state index in [0.29, 0.717) is 23.5 Å². The van der Waals surface area contributed by atoms with Crippen LogP contribution in [0.5, 0.6) is 11.5 Å². The van der Waals surface area contributed by atoms with Crippen molar-refractivity contribution in [2.24, 2.45) is 5.92 Å². The predicted molar refractivity (Wildman–Crippen MR) is 160 cm³/mol. The van der Waals surface area contributed by atoms with E-state index in [4.69, 9.17) is 0 Å². The number of rotatable bonds is 9. The van der Waals surface area contributed by atoms with Crippen LogP contribution < -0.4 is 10.6 Å². The summed E-state index contributed by atoms with van der Waals surface area (Å²) in [6.07, 6.45) is 2.47. The number of aromatic hydroxyl groups is 2. The van der Waals surface area contributed by atoms with E-state index in [9.17, 15) is 15.0 Å². The van der Waals surface area contributed by atoms with Gasteiger partial charge in [-0.25, -0.2) is 0 Å². The summed E-state index contributed by atoms with van der Waals surface area (Å²) in [5.74, 6) is 0.832. The molecule has 0 atom stereocenters. The van der Waals surface area contributed by atoms with Crippen LogP contribution in [-0.4, -0.2) is 93.0 Å². The number of benzene rings is 2. The van der Waals surface area contributed by atoms with E-state index in [2.05, 4.69) is 42.8 Å². The first kappa shape index (κ1) is 29.0. The van der Waals surface area contributed by atoms with Crippen molar-refractivity contribution in [1.82, 2.24) is 35.2 Å². The van der Waals surface area contributed by atoms with Gasteiger partial charge in [0.1, 0.15) is 11.5 Å². The quantitative estimate of drug-likeness (QED) is 0.314. The number of carbonyl (C=O) groups excluding carboxylic acids is 1. The summed E-state index contributed by atoms with van der Waals surface area (Å²) < 4.78 is 1.67. The lowest BCUT2D eigenvalue weighted by Gasteiger charge is -2.36. The molecule has 4 N–H and O–H groups in total. The number of carbonyl (C=O) groups is 1. The fraction of sp³-hybridized carbons (Fsp3) is 0.516. The van der Waals surface area contributed by atoms with Crippen molar-refractivity contribution in [2.75, 3.05) is 52.4 Å². The van der Waals surface area contributed by atoms with Crippen LogP contribution in [0.2, 0.25) is 0 Å². The number of hydrogen-bond acceptors (Lipinski definition) is 8. The second-order valence-electron chi connectivity index (χ2n) is 11.6. The zero-order valence-electron chi connectivity index (χ0n) is 24.4. The molecule has 2 aliphatic heterocycles. The van der Waals surface area contributed by atoms with Gasteiger partial charge < -0.3 is 25.7 Å². The molecule has 2 saturated heterocycles. The summed E-state index contributed by atoms with van der Waals surface area (Å²) in [6, 6.07) is 11.2. The molecular weight excluding hydrogens is 518 g/mol. The molecule has 10 nitrogen and oxygen atoms in total. The molecular formula is C31H43N7O3. The number of nitrogens with one attached hydrogen (secondary N) is 2. The van der Waals surface area contributed by atoms with Crippen LogP contribution in [-0.2, 0) is 6.54 Å². The normalized spacial score (nSPS) is 17.3. The lowest BCUT2D eigenvalue weighted by Crippen LogP contribution is -2.46. The number of amides is 1. The minimum absolute atomic E-state index is 0.0217. The molecule has 3 heterocycles. The summed E-state index contributed by atoms with van der Waals surface area (Å²) in [5, 5.41) is 35.9. The number of piperazine rings is 1. The van der Waals surface area contributed by atoms with Gasteiger partial charge in [0.25, 0.3) is 5.91 Å². The summed E-state index contributed by atoms with van der Waals surface area (Å²) >= 11 is 0. The fourth-order valence-corrected chi connectivity index (χ4v) is 5.92. The highest BCUT2D eigenvalue weighted by molar-refractivity contribution is 5.92. The molecule has 220 valence electrons. The van der Waals surface area contributed by atoms with E-state index < -0.39 is 0 Å². The first-order chi connectivity index (χ1) is 19.8. The van der Waals surface area contributed by atoms with Crippen molar-refractivity contribution in [1.29, 1.82) is 0 Å². The summed E-state index contributed by atoms with van der Waals surface area (Å²) in [5.41, 5.74) is 3.02. The van der Waals surface area contributed by atoms with E-state index >= 15 is 0 Å². The molecule has 5 rings (SSSR count). The standard InChI is InChI=1S/C31H43N7O3/c1-4-33-31(41)30-35-34-29(26-17-25(21(2)3)27(39)18-28(26)40)38(30)24-7-5-22(6-8-24)19-36-13-9-23(10-14-36)20-37-15-11-32-12-16-37/h5-8,17-18,21,23,32,39-40H,4,9-16,19-20H2,1-3H3,(H,33,41). The van der Waals surface area contributed by atoms with Gasteiger partial charge in [-0.05, 0) is 74.0 Å². The van der Waals surface area contributed by atoms with Crippen molar-refractivity contribution < 1.29 is 15.0 Å². The molecule has 0 spiro atoms. The van der Waals surface area contributed by atoms with Gasteiger partial charge in [0, 0.05) is 57.6 Å². The van der Waals surface area contributed by atoms with Gasteiger partial charge in [0.2, 0.25) is 5.82 Å². The molecule has 2 aromatic carbocycles. The molecule has 1 aromatic heterocycles. The van der Waals surface area contributed by atoms with Gasteiger partial charge >= 0.3 is 0 Å². The SMILES string of the molecule is CCNC(=O)c1nnc(-c2cc(C(C)C)c(O)cc2O)n1-c1ccc(CN2CCC(CN3CCNCC3)CC2)cc1. The summed E-state index contributed by atoms with van der Waals surface area (Å²) in [4.78, 5) is 18.1. The number of phenolic OH excluding ortho intramolecular Hbond substituents is 2. The van der Waals surface area contributed by atoms with Crippen molar-refractivity contribution in [2.45, 2.75) is 46.1 Å². The molecule has 2 fully saturated rings. The second kappa shape index (κ2) is 13.0. The van der Waals surface area contributed by atoms with E-state index in [1.54, 1.807) is 10.6 Å². The van der Waals surface area contributed by atoms with Crippen LogP contribution in [0.4, 0.5) is 0 Å². The topological polar surface area (TPSA) is 119 Å². The van der Waals surface area contributed by atoms with Crippen LogP contribution >= 0.6 is 0 Å². The van der Waals surface area contributed by atoms with Crippen LogP contribution in [0.1, 0.15) is 61.3 Å². The molecule has 0 saturated carbocycles. The molecule has 1 amide bonds. The maximum Gasteiger partial charge on any atom is 0.289 e.